The van der Waals surface area contributed by atoms with Gasteiger partial charge in [-0.25, -0.2) is 0 Å². The van der Waals surface area contributed by atoms with Crippen LogP contribution in [0, 0.1) is 17.8 Å². The zero-order valence-corrected chi connectivity index (χ0v) is 12.2. The van der Waals surface area contributed by atoms with Crippen LogP contribution in [-0.4, -0.2) is 13.6 Å². The molecule has 2 rings (SSSR count). The predicted molar refractivity (Wildman–Crippen MR) is 79.1 cm³/mol. The Morgan fingerprint density at radius 3 is 2.83 bits per heavy atom. The lowest BCUT2D eigenvalue weighted by Gasteiger charge is -2.35. The first-order valence-electron chi connectivity index (χ1n) is 7.08. The summed E-state index contributed by atoms with van der Waals surface area (Å²) in [6.07, 6.45) is 5.29. The smallest absolute Gasteiger partial charge is 0.0408 e. The van der Waals surface area contributed by atoms with Crippen molar-refractivity contribution in [1.82, 2.24) is 5.32 Å². The van der Waals surface area contributed by atoms with Gasteiger partial charge in [0.15, 0.2) is 0 Å². The highest BCUT2D eigenvalue weighted by Gasteiger charge is 2.28. The van der Waals surface area contributed by atoms with Crippen molar-refractivity contribution in [3.63, 3.8) is 0 Å². The summed E-state index contributed by atoms with van der Waals surface area (Å²) < 4.78 is 0. The zero-order valence-electron chi connectivity index (χ0n) is 11.5. The van der Waals surface area contributed by atoms with Crippen LogP contribution in [0.25, 0.3) is 0 Å². The minimum atomic E-state index is 0.805. The quantitative estimate of drug-likeness (QED) is 0.862. The van der Waals surface area contributed by atoms with Crippen LogP contribution in [0.2, 0.25) is 5.02 Å². The van der Waals surface area contributed by atoms with E-state index < -0.39 is 0 Å². The molecule has 1 N–H and O–H groups in total. The lowest BCUT2D eigenvalue weighted by Crippen LogP contribution is -2.32. The monoisotopic (exact) mass is 265 g/mol. The lowest BCUT2D eigenvalue weighted by molar-refractivity contribution is 0.186. The van der Waals surface area contributed by atoms with Crippen molar-refractivity contribution in [1.29, 1.82) is 0 Å². The van der Waals surface area contributed by atoms with Crippen molar-refractivity contribution in [2.45, 2.75) is 32.6 Å². The summed E-state index contributed by atoms with van der Waals surface area (Å²) in [5, 5.41) is 4.22. The van der Waals surface area contributed by atoms with E-state index in [1.54, 1.807) is 0 Å². The summed E-state index contributed by atoms with van der Waals surface area (Å²) in [7, 11) is 2.06. The van der Waals surface area contributed by atoms with Gasteiger partial charge in [-0.05, 0) is 68.3 Å². The Balaban J connectivity index is 2.03. The normalized spacial score (nSPS) is 28.3. The molecule has 18 heavy (non-hydrogen) atoms. The second-order valence-corrected chi connectivity index (χ2v) is 6.27. The number of halogens is 1. The number of hydrogen-bond acceptors (Lipinski definition) is 1. The topological polar surface area (TPSA) is 12.0 Å². The fraction of sp³-hybridized carbons (Fsp3) is 0.625. The maximum absolute atomic E-state index is 6.08. The summed E-state index contributed by atoms with van der Waals surface area (Å²) in [6, 6.07) is 8.36. The van der Waals surface area contributed by atoms with Crippen LogP contribution in [-0.2, 0) is 6.42 Å². The molecule has 0 heterocycles. The number of nitrogens with one attached hydrogen (secondary N) is 1. The lowest BCUT2D eigenvalue weighted by atomic mass is 9.72. The highest BCUT2D eigenvalue weighted by Crippen LogP contribution is 2.35. The Hall–Kier alpha value is -0.530. The van der Waals surface area contributed by atoms with Crippen molar-refractivity contribution in [2.75, 3.05) is 13.6 Å². The first kappa shape index (κ1) is 13.9. The molecule has 0 amide bonds. The van der Waals surface area contributed by atoms with E-state index in [2.05, 4.69) is 37.5 Å². The van der Waals surface area contributed by atoms with E-state index in [4.69, 9.17) is 11.6 Å². The van der Waals surface area contributed by atoms with Gasteiger partial charge < -0.3 is 5.32 Å². The molecule has 1 nitrogen and oxygen atoms in total. The molecule has 0 saturated heterocycles. The van der Waals surface area contributed by atoms with Gasteiger partial charge in [0.25, 0.3) is 0 Å². The molecule has 0 aliphatic heterocycles. The highest BCUT2D eigenvalue weighted by molar-refractivity contribution is 6.30. The average Bonchev–Trinajstić information content (AvgIpc) is 2.33. The van der Waals surface area contributed by atoms with Crippen molar-refractivity contribution in [2.24, 2.45) is 17.8 Å². The van der Waals surface area contributed by atoms with Gasteiger partial charge in [0.2, 0.25) is 0 Å². The number of rotatable bonds is 4. The largest absolute Gasteiger partial charge is 0.319 e. The Morgan fingerprint density at radius 2 is 2.11 bits per heavy atom. The predicted octanol–water partition coefficient (Wildman–Crippen LogP) is 4.15. The van der Waals surface area contributed by atoms with E-state index in [-0.39, 0.29) is 0 Å². The first-order valence-corrected chi connectivity index (χ1v) is 7.46. The number of benzene rings is 1. The standard InChI is InChI=1S/C16H24ClN/c1-12-6-7-14(11-18-2)15(8-12)9-13-4-3-5-16(17)10-13/h3-5,10,12,14-15,18H,6-9,11H2,1-2H3. The molecule has 1 aliphatic carbocycles. The van der Waals surface area contributed by atoms with Gasteiger partial charge in [-0.15, -0.1) is 0 Å². The summed E-state index contributed by atoms with van der Waals surface area (Å²) in [6.45, 7) is 3.54. The molecule has 3 unspecified atom stereocenters. The maximum atomic E-state index is 6.08. The van der Waals surface area contributed by atoms with Gasteiger partial charge in [-0.2, -0.15) is 0 Å². The van der Waals surface area contributed by atoms with Crippen molar-refractivity contribution < 1.29 is 0 Å². The molecule has 1 aromatic rings. The molecule has 1 fully saturated rings. The molecule has 2 heteroatoms. The van der Waals surface area contributed by atoms with Gasteiger partial charge in [-0.3, -0.25) is 0 Å². The van der Waals surface area contributed by atoms with E-state index in [1.165, 1.54) is 31.2 Å². The van der Waals surface area contributed by atoms with Crippen LogP contribution in [0.4, 0.5) is 0 Å². The Bertz CT molecular complexity index is 377. The van der Waals surface area contributed by atoms with E-state index in [1.807, 2.05) is 6.07 Å². The molecule has 0 aromatic heterocycles. The summed E-state index contributed by atoms with van der Waals surface area (Å²) in [4.78, 5) is 0. The molecular formula is C16H24ClN. The zero-order chi connectivity index (χ0) is 13.0. The Kier molecular flexibility index (Phi) is 5.08. The summed E-state index contributed by atoms with van der Waals surface area (Å²) in [5.41, 5.74) is 1.39. The molecule has 1 aliphatic rings. The van der Waals surface area contributed by atoms with Crippen molar-refractivity contribution in [3.05, 3.63) is 34.9 Å². The molecule has 0 bridgehead atoms. The third-order valence-electron chi connectivity index (χ3n) is 4.26. The van der Waals surface area contributed by atoms with Crippen molar-refractivity contribution in [3.8, 4) is 0 Å². The SMILES string of the molecule is CNCC1CCC(C)CC1Cc1cccc(Cl)c1. The maximum Gasteiger partial charge on any atom is 0.0408 e. The van der Waals surface area contributed by atoms with Crippen LogP contribution in [0.1, 0.15) is 31.7 Å². The molecule has 0 spiro atoms. The van der Waals surface area contributed by atoms with Gasteiger partial charge in [0.1, 0.15) is 0 Å². The fourth-order valence-electron chi connectivity index (χ4n) is 3.31. The minimum absolute atomic E-state index is 0.805. The minimum Gasteiger partial charge on any atom is -0.319 e. The van der Waals surface area contributed by atoms with Crippen LogP contribution in [0.5, 0.6) is 0 Å². The van der Waals surface area contributed by atoms with Crippen LogP contribution >= 0.6 is 11.6 Å². The van der Waals surface area contributed by atoms with E-state index in [0.717, 1.165) is 29.3 Å². The molecular weight excluding hydrogens is 242 g/mol. The van der Waals surface area contributed by atoms with E-state index in [9.17, 15) is 0 Å². The van der Waals surface area contributed by atoms with E-state index in [0.29, 0.717) is 0 Å². The fourth-order valence-corrected chi connectivity index (χ4v) is 3.52. The summed E-state index contributed by atoms with van der Waals surface area (Å²) >= 11 is 6.08. The van der Waals surface area contributed by atoms with Crippen LogP contribution in [0.15, 0.2) is 24.3 Å². The van der Waals surface area contributed by atoms with Gasteiger partial charge in [0.05, 0.1) is 0 Å². The Morgan fingerprint density at radius 1 is 1.28 bits per heavy atom. The van der Waals surface area contributed by atoms with Crippen LogP contribution < -0.4 is 5.32 Å². The Labute approximate surface area is 116 Å². The molecule has 0 radical (unpaired) electrons. The summed E-state index contributed by atoms with van der Waals surface area (Å²) in [5.74, 6) is 2.51. The van der Waals surface area contributed by atoms with Gasteiger partial charge in [-0.1, -0.05) is 37.1 Å². The highest BCUT2D eigenvalue weighted by atomic mass is 35.5. The van der Waals surface area contributed by atoms with Gasteiger partial charge >= 0.3 is 0 Å². The van der Waals surface area contributed by atoms with Crippen LogP contribution in [0.3, 0.4) is 0 Å². The average molecular weight is 266 g/mol. The van der Waals surface area contributed by atoms with E-state index >= 15 is 0 Å². The molecule has 3 atom stereocenters. The first-order chi connectivity index (χ1) is 8.69. The number of hydrogen-bond donors (Lipinski definition) is 1. The molecule has 100 valence electrons. The molecule has 1 saturated carbocycles. The second kappa shape index (κ2) is 6.58. The second-order valence-electron chi connectivity index (χ2n) is 5.83. The van der Waals surface area contributed by atoms with Gasteiger partial charge in [0, 0.05) is 5.02 Å². The third kappa shape index (κ3) is 3.73. The van der Waals surface area contributed by atoms with Crippen molar-refractivity contribution >= 4 is 11.6 Å². The third-order valence-corrected chi connectivity index (χ3v) is 4.49. The molecule has 1 aromatic carbocycles.